The number of nitrogens with zero attached hydrogens (tertiary/aromatic N) is 2. The Morgan fingerprint density at radius 3 is 2.19 bits per heavy atom. The molecule has 5 heteroatoms. The molecule has 1 aromatic heterocycles. The SMILES string of the molecule is CC(C)(C)Oc1ccc2c(c1)CC[C@H](c1ccccc1)[C@@H]2c1ccc(OCc2ccc(CO)nn2)cc1. The van der Waals surface area contributed by atoms with Gasteiger partial charge in [0, 0.05) is 5.92 Å². The van der Waals surface area contributed by atoms with Crippen LogP contribution >= 0.6 is 0 Å². The highest BCUT2D eigenvalue weighted by atomic mass is 16.5. The van der Waals surface area contributed by atoms with Crippen molar-refractivity contribution in [3.05, 3.63) is 119 Å². The van der Waals surface area contributed by atoms with Crippen molar-refractivity contribution in [2.45, 2.75) is 64.3 Å². The number of aryl methyl sites for hydroxylation is 1. The van der Waals surface area contributed by atoms with E-state index in [1.54, 1.807) is 6.07 Å². The highest BCUT2D eigenvalue weighted by Crippen LogP contribution is 2.47. The van der Waals surface area contributed by atoms with Crippen LogP contribution in [0.25, 0.3) is 0 Å². The van der Waals surface area contributed by atoms with E-state index in [1.807, 2.05) is 18.2 Å². The molecule has 2 atom stereocenters. The van der Waals surface area contributed by atoms with Crippen molar-refractivity contribution < 1.29 is 14.6 Å². The van der Waals surface area contributed by atoms with Gasteiger partial charge in [0.2, 0.25) is 0 Å². The third-order valence-electron chi connectivity index (χ3n) is 6.79. The number of hydrogen-bond acceptors (Lipinski definition) is 5. The molecule has 0 unspecified atom stereocenters. The molecule has 0 saturated heterocycles. The topological polar surface area (TPSA) is 64.5 Å². The van der Waals surface area contributed by atoms with Crippen LogP contribution in [0.2, 0.25) is 0 Å². The first-order chi connectivity index (χ1) is 17.9. The van der Waals surface area contributed by atoms with Crippen molar-refractivity contribution in [1.29, 1.82) is 0 Å². The Labute approximate surface area is 219 Å². The number of aromatic nitrogens is 2. The van der Waals surface area contributed by atoms with Gasteiger partial charge in [-0.1, -0.05) is 48.5 Å². The van der Waals surface area contributed by atoms with E-state index in [2.05, 4.69) is 91.6 Å². The molecule has 190 valence electrons. The summed E-state index contributed by atoms with van der Waals surface area (Å²) >= 11 is 0. The van der Waals surface area contributed by atoms with Crippen LogP contribution in [-0.2, 0) is 19.6 Å². The molecule has 0 amide bonds. The second-order valence-corrected chi connectivity index (χ2v) is 10.6. The van der Waals surface area contributed by atoms with Gasteiger partial charge >= 0.3 is 0 Å². The number of benzene rings is 3. The highest BCUT2D eigenvalue weighted by molar-refractivity contribution is 5.48. The molecule has 1 heterocycles. The van der Waals surface area contributed by atoms with Gasteiger partial charge < -0.3 is 14.6 Å². The average molecular weight is 495 g/mol. The standard InChI is InChI=1S/C32H34N2O3/c1-32(2,3)37-28-16-18-30-24(19-28)11-17-29(22-7-5-4-6-8-22)31(30)23-9-14-27(15-10-23)36-21-26-13-12-25(20-35)33-34-26/h4-10,12-16,18-19,29,31,35H,11,17,20-21H2,1-3H3/t29-,31+/m1/s1. The first kappa shape index (κ1) is 25.0. The summed E-state index contributed by atoms with van der Waals surface area (Å²) in [6, 6.07) is 29.5. The molecule has 5 rings (SSSR count). The summed E-state index contributed by atoms with van der Waals surface area (Å²) in [5.41, 5.74) is 6.43. The molecule has 37 heavy (non-hydrogen) atoms. The molecule has 3 aromatic carbocycles. The molecule has 1 aliphatic rings. The fourth-order valence-corrected chi connectivity index (χ4v) is 5.16. The Hall–Kier alpha value is -3.70. The third kappa shape index (κ3) is 6.00. The summed E-state index contributed by atoms with van der Waals surface area (Å²) in [6.07, 6.45) is 2.12. The normalized spacial score (nSPS) is 17.2. The quantitative estimate of drug-likeness (QED) is 0.314. The number of aliphatic hydroxyl groups is 1. The van der Waals surface area contributed by atoms with Gasteiger partial charge in [-0.2, -0.15) is 10.2 Å². The fraction of sp³-hybridized carbons (Fsp3) is 0.312. The lowest BCUT2D eigenvalue weighted by Gasteiger charge is -2.35. The maximum Gasteiger partial charge on any atom is 0.132 e. The number of ether oxygens (including phenoxy) is 2. The minimum atomic E-state index is -0.225. The van der Waals surface area contributed by atoms with Gasteiger partial charge in [-0.25, -0.2) is 0 Å². The van der Waals surface area contributed by atoms with Gasteiger partial charge in [0.25, 0.3) is 0 Å². The molecule has 0 spiro atoms. The van der Waals surface area contributed by atoms with Crippen LogP contribution < -0.4 is 9.47 Å². The summed E-state index contributed by atoms with van der Waals surface area (Å²) < 4.78 is 12.1. The lowest BCUT2D eigenvalue weighted by atomic mass is 9.69. The predicted molar refractivity (Wildman–Crippen MR) is 145 cm³/mol. The van der Waals surface area contributed by atoms with Gasteiger partial charge in [0.15, 0.2) is 0 Å². The third-order valence-corrected chi connectivity index (χ3v) is 6.79. The molecular formula is C32H34N2O3. The summed E-state index contributed by atoms with van der Waals surface area (Å²) in [5, 5.41) is 17.2. The molecule has 1 aliphatic carbocycles. The van der Waals surface area contributed by atoms with Gasteiger partial charge in [-0.05, 0) is 98.2 Å². The molecule has 0 bridgehead atoms. The number of aliphatic hydroxyl groups excluding tert-OH is 1. The molecule has 0 aliphatic heterocycles. The zero-order valence-electron chi connectivity index (χ0n) is 21.7. The van der Waals surface area contributed by atoms with Crippen LogP contribution in [0.4, 0.5) is 0 Å². The van der Waals surface area contributed by atoms with Crippen LogP contribution in [-0.4, -0.2) is 20.9 Å². The Morgan fingerprint density at radius 1 is 0.811 bits per heavy atom. The highest BCUT2D eigenvalue weighted by Gasteiger charge is 2.32. The first-order valence-corrected chi connectivity index (χ1v) is 12.9. The molecular weight excluding hydrogens is 460 g/mol. The molecule has 1 N–H and O–H groups in total. The maximum atomic E-state index is 9.14. The average Bonchev–Trinajstić information content (AvgIpc) is 2.91. The van der Waals surface area contributed by atoms with E-state index >= 15 is 0 Å². The van der Waals surface area contributed by atoms with Crippen molar-refractivity contribution in [3.8, 4) is 11.5 Å². The molecule has 0 fully saturated rings. The lowest BCUT2D eigenvalue weighted by Crippen LogP contribution is -2.24. The monoisotopic (exact) mass is 494 g/mol. The minimum Gasteiger partial charge on any atom is -0.488 e. The van der Waals surface area contributed by atoms with E-state index in [4.69, 9.17) is 14.6 Å². The number of rotatable bonds is 7. The summed E-state index contributed by atoms with van der Waals surface area (Å²) in [5.74, 6) is 2.37. The van der Waals surface area contributed by atoms with Gasteiger partial charge in [0.1, 0.15) is 29.4 Å². The van der Waals surface area contributed by atoms with Gasteiger partial charge in [0.05, 0.1) is 12.3 Å². The van der Waals surface area contributed by atoms with E-state index in [9.17, 15) is 0 Å². The van der Waals surface area contributed by atoms with Crippen LogP contribution in [0.5, 0.6) is 11.5 Å². The van der Waals surface area contributed by atoms with E-state index in [1.165, 1.54) is 22.3 Å². The summed E-state index contributed by atoms with van der Waals surface area (Å²) in [7, 11) is 0. The smallest absolute Gasteiger partial charge is 0.132 e. The molecule has 4 aromatic rings. The van der Waals surface area contributed by atoms with E-state index in [0.717, 1.165) is 30.0 Å². The lowest BCUT2D eigenvalue weighted by molar-refractivity contribution is 0.130. The number of fused-ring (bicyclic) bond motifs is 1. The van der Waals surface area contributed by atoms with E-state index < -0.39 is 0 Å². The Bertz CT molecular complexity index is 1310. The van der Waals surface area contributed by atoms with Crippen LogP contribution in [0.15, 0.2) is 84.9 Å². The van der Waals surface area contributed by atoms with Crippen LogP contribution in [0.1, 0.15) is 72.7 Å². The van der Waals surface area contributed by atoms with Crippen molar-refractivity contribution in [1.82, 2.24) is 10.2 Å². The zero-order chi connectivity index (χ0) is 25.8. The Kier molecular flexibility index (Phi) is 7.24. The maximum absolute atomic E-state index is 9.14. The van der Waals surface area contributed by atoms with Gasteiger partial charge in [-0.15, -0.1) is 0 Å². The molecule has 0 radical (unpaired) electrons. The Morgan fingerprint density at radius 2 is 1.51 bits per heavy atom. The summed E-state index contributed by atoms with van der Waals surface area (Å²) in [4.78, 5) is 0. The van der Waals surface area contributed by atoms with E-state index in [0.29, 0.717) is 18.2 Å². The second kappa shape index (κ2) is 10.7. The van der Waals surface area contributed by atoms with E-state index in [-0.39, 0.29) is 18.1 Å². The van der Waals surface area contributed by atoms with Crippen molar-refractivity contribution >= 4 is 0 Å². The van der Waals surface area contributed by atoms with Gasteiger partial charge in [-0.3, -0.25) is 0 Å². The Balaban J connectivity index is 1.41. The van der Waals surface area contributed by atoms with Crippen LogP contribution in [0.3, 0.4) is 0 Å². The molecule has 5 nitrogen and oxygen atoms in total. The largest absolute Gasteiger partial charge is 0.488 e. The summed E-state index contributed by atoms with van der Waals surface area (Å²) in [6.45, 7) is 6.46. The van der Waals surface area contributed by atoms with Crippen LogP contribution in [0, 0.1) is 0 Å². The van der Waals surface area contributed by atoms with Crippen molar-refractivity contribution in [2.24, 2.45) is 0 Å². The fourth-order valence-electron chi connectivity index (χ4n) is 5.16. The number of hydrogen-bond donors (Lipinski definition) is 1. The van der Waals surface area contributed by atoms with Crippen molar-refractivity contribution in [3.63, 3.8) is 0 Å². The minimum absolute atomic E-state index is 0.116. The second-order valence-electron chi connectivity index (χ2n) is 10.6. The zero-order valence-corrected chi connectivity index (χ0v) is 21.7. The molecule has 0 saturated carbocycles. The van der Waals surface area contributed by atoms with Crippen molar-refractivity contribution in [2.75, 3.05) is 0 Å². The predicted octanol–water partition coefficient (Wildman–Crippen LogP) is 6.59. The first-order valence-electron chi connectivity index (χ1n) is 12.9.